The summed E-state index contributed by atoms with van der Waals surface area (Å²) in [6.45, 7) is 0.753. The number of ketones is 1. The number of allylic oxidation sites excluding steroid dienone is 2. The Bertz CT molecular complexity index is 428. The molecule has 14 heavy (non-hydrogen) atoms. The van der Waals surface area contributed by atoms with E-state index in [4.69, 9.17) is 0 Å². The molecule has 0 fully saturated rings. The first kappa shape index (κ1) is 7.85. The fourth-order valence-electron chi connectivity index (χ4n) is 2.21. The van der Waals surface area contributed by atoms with Crippen LogP contribution in [0.1, 0.15) is 19.3 Å². The Morgan fingerprint density at radius 3 is 3.21 bits per heavy atom. The molecule has 72 valence electrons. The Morgan fingerprint density at radius 1 is 1.36 bits per heavy atom. The van der Waals surface area contributed by atoms with E-state index in [9.17, 15) is 4.79 Å². The predicted molar refractivity (Wildman–Crippen MR) is 53.9 cm³/mol. The van der Waals surface area contributed by atoms with Crippen molar-refractivity contribution in [2.45, 2.75) is 25.8 Å². The SMILES string of the molecule is O=C1CCCC2=C1Cn1cccc1N2. The van der Waals surface area contributed by atoms with Gasteiger partial charge in [0.1, 0.15) is 5.82 Å². The summed E-state index contributed by atoms with van der Waals surface area (Å²) in [6.07, 6.45) is 4.74. The zero-order chi connectivity index (χ0) is 9.54. The van der Waals surface area contributed by atoms with E-state index in [1.807, 2.05) is 18.3 Å². The van der Waals surface area contributed by atoms with Crippen molar-refractivity contribution in [1.29, 1.82) is 0 Å². The van der Waals surface area contributed by atoms with Gasteiger partial charge in [-0.2, -0.15) is 0 Å². The molecule has 0 bridgehead atoms. The second-order valence-electron chi connectivity index (χ2n) is 3.88. The van der Waals surface area contributed by atoms with E-state index in [-0.39, 0.29) is 0 Å². The fraction of sp³-hybridized carbons (Fsp3) is 0.364. The maximum absolute atomic E-state index is 11.6. The van der Waals surface area contributed by atoms with E-state index in [0.717, 1.165) is 42.9 Å². The average Bonchev–Trinajstić information content (AvgIpc) is 2.62. The molecule has 2 heterocycles. The highest BCUT2D eigenvalue weighted by atomic mass is 16.1. The number of hydrogen-bond donors (Lipinski definition) is 1. The molecule has 0 saturated heterocycles. The Hall–Kier alpha value is -1.51. The third-order valence-corrected chi connectivity index (χ3v) is 2.97. The van der Waals surface area contributed by atoms with Crippen molar-refractivity contribution >= 4 is 11.6 Å². The summed E-state index contributed by atoms with van der Waals surface area (Å²) in [5.41, 5.74) is 2.13. The van der Waals surface area contributed by atoms with Crippen LogP contribution in [-0.2, 0) is 11.3 Å². The number of carbonyl (C=O) groups excluding carboxylic acids is 1. The lowest BCUT2D eigenvalue weighted by atomic mass is 9.94. The molecule has 1 aliphatic heterocycles. The van der Waals surface area contributed by atoms with Gasteiger partial charge < -0.3 is 9.88 Å². The van der Waals surface area contributed by atoms with Crippen molar-refractivity contribution in [3.8, 4) is 0 Å². The first-order valence-corrected chi connectivity index (χ1v) is 5.02. The molecule has 0 saturated carbocycles. The second kappa shape index (κ2) is 2.74. The monoisotopic (exact) mass is 188 g/mol. The van der Waals surface area contributed by atoms with Crippen LogP contribution in [0.25, 0.3) is 0 Å². The van der Waals surface area contributed by atoms with E-state index in [1.54, 1.807) is 0 Å². The molecule has 2 aliphatic rings. The third kappa shape index (κ3) is 1.02. The summed E-state index contributed by atoms with van der Waals surface area (Å²) in [7, 11) is 0. The van der Waals surface area contributed by atoms with E-state index >= 15 is 0 Å². The quantitative estimate of drug-likeness (QED) is 0.675. The van der Waals surface area contributed by atoms with Gasteiger partial charge >= 0.3 is 0 Å². The van der Waals surface area contributed by atoms with Gasteiger partial charge in [0.15, 0.2) is 5.78 Å². The lowest BCUT2D eigenvalue weighted by Gasteiger charge is -2.26. The number of rotatable bonds is 0. The van der Waals surface area contributed by atoms with Gasteiger partial charge in [0.25, 0.3) is 0 Å². The summed E-state index contributed by atoms with van der Waals surface area (Å²) in [5, 5.41) is 3.33. The van der Waals surface area contributed by atoms with Crippen LogP contribution in [0.5, 0.6) is 0 Å². The maximum Gasteiger partial charge on any atom is 0.162 e. The smallest absolute Gasteiger partial charge is 0.162 e. The van der Waals surface area contributed by atoms with Gasteiger partial charge in [-0.1, -0.05) is 0 Å². The minimum atomic E-state index is 0.318. The molecular weight excluding hydrogens is 176 g/mol. The number of aromatic nitrogens is 1. The Balaban J connectivity index is 2.04. The highest BCUT2D eigenvalue weighted by Crippen LogP contribution is 2.29. The Kier molecular flexibility index (Phi) is 1.54. The molecule has 3 rings (SSSR count). The molecule has 0 unspecified atom stereocenters. The molecule has 1 N–H and O–H groups in total. The van der Waals surface area contributed by atoms with Gasteiger partial charge in [0.2, 0.25) is 0 Å². The van der Waals surface area contributed by atoms with Crippen LogP contribution < -0.4 is 5.32 Å². The molecule has 1 aromatic heterocycles. The van der Waals surface area contributed by atoms with Crippen molar-refractivity contribution in [2.24, 2.45) is 0 Å². The fourth-order valence-corrected chi connectivity index (χ4v) is 2.21. The Morgan fingerprint density at radius 2 is 2.29 bits per heavy atom. The number of hydrogen-bond acceptors (Lipinski definition) is 2. The molecule has 0 atom stereocenters. The van der Waals surface area contributed by atoms with E-state index < -0.39 is 0 Å². The van der Waals surface area contributed by atoms with Crippen molar-refractivity contribution in [3.63, 3.8) is 0 Å². The first-order chi connectivity index (χ1) is 6.84. The number of nitrogens with zero attached hydrogens (tertiary/aromatic N) is 1. The van der Waals surface area contributed by atoms with Crippen molar-refractivity contribution in [1.82, 2.24) is 4.57 Å². The summed E-state index contributed by atoms with van der Waals surface area (Å²) in [5.74, 6) is 1.43. The Labute approximate surface area is 82.4 Å². The molecule has 0 radical (unpaired) electrons. The lowest BCUT2D eigenvalue weighted by Crippen LogP contribution is -2.25. The summed E-state index contributed by atoms with van der Waals surface area (Å²) >= 11 is 0. The average molecular weight is 188 g/mol. The molecule has 0 aromatic carbocycles. The topological polar surface area (TPSA) is 34.0 Å². The molecular formula is C11H12N2O. The summed E-state index contributed by atoms with van der Waals surface area (Å²) < 4.78 is 2.09. The standard InChI is InChI=1S/C11H12N2O/c14-10-4-1-3-9-8(10)7-13-6-2-5-11(13)12-9/h2,5-6,12H,1,3-4,7H2. The zero-order valence-corrected chi connectivity index (χ0v) is 7.92. The molecule has 0 spiro atoms. The van der Waals surface area contributed by atoms with Crippen molar-refractivity contribution < 1.29 is 4.79 Å². The van der Waals surface area contributed by atoms with Crippen LogP contribution in [0, 0.1) is 0 Å². The largest absolute Gasteiger partial charge is 0.345 e. The van der Waals surface area contributed by atoms with Crippen molar-refractivity contribution in [2.75, 3.05) is 5.32 Å². The van der Waals surface area contributed by atoms with Gasteiger partial charge in [-0.3, -0.25) is 4.79 Å². The van der Waals surface area contributed by atoms with Crippen LogP contribution in [0.2, 0.25) is 0 Å². The lowest BCUT2D eigenvalue weighted by molar-refractivity contribution is -0.116. The molecule has 1 aliphatic carbocycles. The summed E-state index contributed by atoms with van der Waals surface area (Å²) in [4.78, 5) is 11.6. The van der Waals surface area contributed by atoms with Gasteiger partial charge in [0.05, 0.1) is 6.54 Å². The van der Waals surface area contributed by atoms with Crippen LogP contribution in [0.4, 0.5) is 5.82 Å². The highest BCUT2D eigenvalue weighted by Gasteiger charge is 2.24. The first-order valence-electron chi connectivity index (χ1n) is 5.02. The predicted octanol–water partition coefficient (Wildman–Crippen LogP) is 1.92. The maximum atomic E-state index is 11.6. The zero-order valence-electron chi connectivity index (χ0n) is 7.92. The summed E-state index contributed by atoms with van der Waals surface area (Å²) in [6, 6.07) is 4.05. The highest BCUT2D eigenvalue weighted by molar-refractivity contribution is 5.97. The molecule has 1 aromatic rings. The number of Topliss-reactive ketones (excluding diaryl/α,β-unsaturated/α-hetero) is 1. The third-order valence-electron chi connectivity index (χ3n) is 2.97. The minimum Gasteiger partial charge on any atom is -0.345 e. The second-order valence-corrected chi connectivity index (χ2v) is 3.88. The van der Waals surface area contributed by atoms with Gasteiger partial charge in [0, 0.05) is 23.9 Å². The van der Waals surface area contributed by atoms with Crippen LogP contribution >= 0.6 is 0 Å². The number of nitrogens with one attached hydrogen (secondary N) is 1. The molecule has 0 amide bonds. The van der Waals surface area contributed by atoms with E-state index in [2.05, 4.69) is 9.88 Å². The van der Waals surface area contributed by atoms with Crippen LogP contribution in [-0.4, -0.2) is 10.4 Å². The number of carbonyl (C=O) groups is 1. The van der Waals surface area contributed by atoms with E-state index in [1.165, 1.54) is 0 Å². The van der Waals surface area contributed by atoms with Crippen LogP contribution in [0.15, 0.2) is 29.6 Å². The normalized spacial score (nSPS) is 20.1. The number of anilines is 1. The van der Waals surface area contributed by atoms with Gasteiger partial charge in [-0.05, 0) is 25.0 Å². The molecule has 3 heteroatoms. The van der Waals surface area contributed by atoms with E-state index in [0.29, 0.717) is 5.78 Å². The van der Waals surface area contributed by atoms with Crippen LogP contribution in [0.3, 0.4) is 0 Å². The minimum absolute atomic E-state index is 0.318. The molecule has 3 nitrogen and oxygen atoms in total. The number of fused-ring (bicyclic) bond motifs is 1. The van der Waals surface area contributed by atoms with Crippen molar-refractivity contribution in [3.05, 3.63) is 29.6 Å². The van der Waals surface area contributed by atoms with Gasteiger partial charge in [-0.25, -0.2) is 0 Å². The van der Waals surface area contributed by atoms with Gasteiger partial charge in [-0.15, -0.1) is 0 Å².